The molecule has 0 aromatic rings. The van der Waals surface area contributed by atoms with Crippen molar-refractivity contribution in [3.8, 4) is 0 Å². The first-order valence-electron chi connectivity index (χ1n) is 8.86. The Morgan fingerprint density at radius 3 is 1.90 bits per heavy atom. The lowest BCUT2D eigenvalue weighted by molar-refractivity contribution is -0.401. The van der Waals surface area contributed by atoms with E-state index in [0.29, 0.717) is 25.3 Å². The Hall–Kier alpha value is -0.160. The standard InChI is InChI=1S/C17H29NO3/c18-10-11-1-3-16(19,4-2-11)21-17(20)14-6-12-5-13(8-14)9-15(17)7-12/h11-15,19-20H,1-10,18H2. The molecule has 21 heavy (non-hydrogen) atoms. The zero-order valence-electron chi connectivity index (χ0n) is 12.8. The van der Waals surface area contributed by atoms with Crippen LogP contribution in [-0.2, 0) is 4.74 Å². The van der Waals surface area contributed by atoms with Gasteiger partial charge in [0.1, 0.15) is 0 Å². The minimum absolute atomic E-state index is 0.241. The molecule has 5 aliphatic carbocycles. The van der Waals surface area contributed by atoms with E-state index in [1.807, 2.05) is 0 Å². The molecule has 0 aromatic carbocycles. The van der Waals surface area contributed by atoms with Gasteiger partial charge in [0.15, 0.2) is 11.6 Å². The van der Waals surface area contributed by atoms with E-state index in [-0.39, 0.29) is 11.8 Å². The van der Waals surface area contributed by atoms with Gasteiger partial charge in [-0.1, -0.05) is 0 Å². The van der Waals surface area contributed by atoms with E-state index in [1.54, 1.807) is 0 Å². The van der Waals surface area contributed by atoms with Gasteiger partial charge in [-0.15, -0.1) is 0 Å². The van der Waals surface area contributed by atoms with E-state index in [2.05, 4.69) is 0 Å². The van der Waals surface area contributed by atoms with Crippen LogP contribution in [0.2, 0.25) is 0 Å². The first kappa shape index (κ1) is 14.4. The molecule has 120 valence electrons. The Kier molecular flexibility index (Phi) is 3.38. The highest BCUT2D eigenvalue weighted by atomic mass is 16.7. The van der Waals surface area contributed by atoms with Crippen LogP contribution in [0.3, 0.4) is 0 Å². The predicted molar refractivity (Wildman–Crippen MR) is 79.0 cm³/mol. The van der Waals surface area contributed by atoms with E-state index in [0.717, 1.165) is 50.4 Å². The highest BCUT2D eigenvalue weighted by molar-refractivity contribution is 5.03. The number of aliphatic hydroxyl groups is 2. The quantitative estimate of drug-likeness (QED) is 0.696. The summed E-state index contributed by atoms with van der Waals surface area (Å²) in [4.78, 5) is 0. The zero-order valence-corrected chi connectivity index (χ0v) is 12.8. The van der Waals surface area contributed by atoms with E-state index >= 15 is 0 Å². The van der Waals surface area contributed by atoms with E-state index < -0.39 is 11.6 Å². The Labute approximate surface area is 127 Å². The highest BCUT2D eigenvalue weighted by Gasteiger charge is 2.59. The van der Waals surface area contributed by atoms with Crippen LogP contribution in [0.1, 0.15) is 57.8 Å². The second-order valence-corrected chi connectivity index (χ2v) is 8.28. The third-order valence-corrected chi connectivity index (χ3v) is 6.88. The predicted octanol–water partition coefficient (Wildman–Crippen LogP) is 1.99. The SMILES string of the molecule is NCC1CCC(O)(OC2(O)C3CC4CC(C3)CC2C4)CC1. The smallest absolute Gasteiger partial charge is 0.174 e. The molecule has 0 radical (unpaired) electrons. The molecule has 4 nitrogen and oxygen atoms in total. The molecule has 0 heterocycles. The fraction of sp³-hybridized carbons (Fsp3) is 1.00. The lowest BCUT2D eigenvalue weighted by Gasteiger charge is -2.59. The number of nitrogens with two attached hydrogens (primary N) is 1. The molecule has 0 unspecified atom stereocenters. The van der Waals surface area contributed by atoms with Crippen molar-refractivity contribution in [3.05, 3.63) is 0 Å². The topological polar surface area (TPSA) is 75.7 Å². The Bertz CT molecular complexity index is 375. The van der Waals surface area contributed by atoms with Gasteiger partial charge in [-0.05, 0) is 69.2 Å². The normalized spacial score (nSPS) is 55.9. The summed E-state index contributed by atoms with van der Waals surface area (Å²) in [5, 5.41) is 22.0. The van der Waals surface area contributed by atoms with Crippen molar-refractivity contribution < 1.29 is 14.9 Å². The van der Waals surface area contributed by atoms with Crippen LogP contribution in [0.25, 0.3) is 0 Å². The lowest BCUT2D eigenvalue weighted by Crippen LogP contribution is -2.62. The van der Waals surface area contributed by atoms with Crippen LogP contribution >= 0.6 is 0 Å². The Balaban J connectivity index is 1.48. The maximum atomic E-state index is 11.2. The van der Waals surface area contributed by atoms with Crippen molar-refractivity contribution in [1.82, 2.24) is 0 Å². The summed E-state index contributed by atoms with van der Waals surface area (Å²) in [5.41, 5.74) is 5.73. The largest absolute Gasteiger partial charge is 0.365 e. The fourth-order valence-corrected chi connectivity index (χ4v) is 5.80. The third kappa shape index (κ3) is 2.35. The van der Waals surface area contributed by atoms with Gasteiger partial charge in [-0.25, -0.2) is 0 Å². The summed E-state index contributed by atoms with van der Waals surface area (Å²) >= 11 is 0. The van der Waals surface area contributed by atoms with Gasteiger partial charge in [-0.3, -0.25) is 0 Å². The molecule has 0 saturated heterocycles. The van der Waals surface area contributed by atoms with Gasteiger partial charge < -0.3 is 20.7 Å². The maximum Gasteiger partial charge on any atom is 0.174 e. The first-order chi connectivity index (χ1) is 10.0. The summed E-state index contributed by atoms with van der Waals surface area (Å²) in [6.07, 6.45) is 8.75. The lowest BCUT2D eigenvalue weighted by atomic mass is 9.53. The summed E-state index contributed by atoms with van der Waals surface area (Å²) in [5.74, 6) is 0.364. The van der Waals surface area contributed by atoms with Crippen LogP contribution in [0.4, 0.5) is 0 Å². The average Bonchev–Trinajstić information content (AvgIpc) is 2.45. The maximum absolute atomic E-state index is 11.2. The zero-order chi connectivity index (χ0) is 14.7. The van der Waals surface area contributed by atoms with Gasteiger partial charge in [0.2, 0.25) is 0 Å². The van der Waals surface area contributed by atoms with Crippen molar-refractivity contribution >= 4 is 0 Å². The van der Waals surface area contributed by atoms with Crippen molar-refractivity contribution in [1.29, 1.82) is 0 Å². The summed E-state index contributed by atoms with van der Waals surface area (Å²) < 4.78 is 6.11. The van der Waals surface area contributed by atoms with Crippen LogP contribution in [0, 0.1) is 29.6 Å². The molecule has 5 saturated carbocycles. The Morgan fingerprint density at radius 1 is 0.905 bits per heavy atom. The minimum atomic E-state index is -1.13. The van der Waals surface area contributed by atoms with E-state index in [4.69, 9.17) is 10.5 Å². The fourth-order valence-electron chi connectivity index (χ4n) is 5.80. The molecule has 0 atom stereocenters. The van der Waals surface area contributed by atoms with Crippen LogP contribution in [0.5, 0.6) is 0 Å². The van der Waals surface area contributed by atoms with Crippen LogP contribution in [0.15, 0.2) is 0 Å². The molecular weight excluding hydrogens is 266 g/mol. The molecule has 5 aliphatic rings. The monoisotopic (exact) mass is 295 g/mol. The minimum Gasteiger partial charge on any atom is -0.365 e. The molecule has 4 N–H and O–H groups in total. The van der Waals surface area contributed by atoms with Gasteiger partial charge in [0, 0.05) is 24.7 Å². The van der Waals surface area contributed by atoms with Crippen molar-refractivity contribution in [2.75, 3.05) is 6.54 Å². The van der Waals surface area contributed by atoms with Gasteiger partial charge in [0.25, 0.3) is 0 Å². The molecule has 0 aliphatic heterocycles. The molecule has 0 amide bonds. The highest BCUT2D eigenvalue weighted by Crippen LogP contribution is 2.59. The average molecular weight is 295 g/mol. The van der Waals surface area contributed by atoms with E-state index in [9.17, 15) is 10.2 Å². The van der Waals surface area contributed by atoms with Crippen LogP contribution < -0.4 is 5.73 Å². The molecular formula is C17H29NO3. The van der Waals surface area contributed by atoms with E-state index in [1.165, 1.54) is 6.42 Å². The molecule has 4 heteroatoms. The van der Waals surface area contributed by atoms with Crippen molar-refractivity contribution in [2.24, 2.45) is 35.3 Å². The number of rotatable bonds is 3. The molecule has 4 bridgehead atoms. The molecule has 0 spiro atoms. The summed E-state index contributed by atoms with van der Waals surface area (Å²) in [7, 11) is 0. The number of hydrogen-bond acceptors (Lipinski definition) is 4. The summed E-state index contributed by atoms with van der Waals surface area (Å²) in [6, 6.07) is 0. The molecule has 5 rings (SSSR count). The van der Waals surface area contributed by atoms with Gasteiger partial charge in [-0.2, -0.15) is 0 Å². The number of ether oxygens (including phenoxy) is 1. The molecule has 0 aromatic heterocycles. The van der Waals surface area contributed by atoms with Gasteiger partial charge >= 0.3 is 0 Å². The van der Waals surface area contributed by atoms with Crippen molar-refractivity contribution in [2.45, 2.75) is 69.4 Å². The third-order valence-electron chi connectivity index (χ3n) is 6.88. The first-order valence-corrected chi connectivity index (χ1v) is 8.86. The number of hydrogen-bond donors (Lipinski definition) is 3. The van der Waals surface area contributed by atoms with Crippen molar-refractivity contribution in [3.63, 3.8) is 0 Å². The Morgan fingerprint density at radius 2 is 1.43 bits per heavy atom. The van der Waals surface area contributed by atoms with Gasteiger partial charge in [0.05, 0.1) is 0 Å². The van der Waals surface area contributed by atoms with Crippen LogP contribution in [-0.4, -0.2) is 28.3 Å². The second kappa shape index (κ2) is 4.92. The second-order valence-electron chi connectivity index (χ2n) is 8.28. The summed E-state index contributed by atoms with van der Waals surface area (Å²) in [6.45, 7) is 0.689. The molecule has 5 fully saturated rings.